The normalized spacial score (nSPS) is 19.1. The first-order chi connectivity index (χ1) is 7.65. The molecule has 0 spiro atoms. The van der Waals surface area contributed by atoms with Crippen molar-refractivity contribution in [1.82, 2.24) is 5.32 Å². The number of carbonyl (C=O) groups is 1. The number of rotatable bonds is 3. The molecule has 6 heteroatoms. The zero-order valence-electron chi connectivity index (χ0n) is 8.20. The van der Waals surface area contributed by atoms with E-state index in [1.54, 1.807) is 6.07 Å². The first-order valence-corrected chi connectivity index (χ1v) is 5.47. The van der Waals surface area contributed by atoms with Gasteiger partial charge < -0.3 is 14.8 Å². The Balaban J connectivity index is 1.94. The van der Waals surface area contributed by atoms with Crippen molar-refractivity contribution in [1.29, 1.82) is 0 Å². The average molecular weight is 290 g/mol. The molecule has 1 amide bonds. The quantitative estimate of drug-likeness (QED) is 0.927. The predicted molar refractivity (Wildman–Crippen MR) is 57.9 cm³/mol. The van der Waals surface area contributed by atoms with E-state index in [-0.39, 0.29) is 18.5 Å². The SMILES string of the molecule is O=C1NCC(COc2cc(Br)ccc2F)O1. The van der Waals surface area contributed by atoms with Crippen LogP contribution in [0.25, 0.3) is 0 Å². The molecule has 0 aliphatic carbocycles. The fraction of sp³-hybridized carbons (Fsp3) is 0.300. The van der Waals surface area contributed by atoms with Gasteiger partial charge in [-0.2, -0.15) is 0 Å². The third-order valence-corrected chi connectivity index (χ3v) is 2.56. The maximum Gasteiger partial charge on any atom is 0.407 e. The van der Waals surface area contributed by atoms with Gasteiger partial charge in [-0.15, -0.1) is 0 Å². The Morgan fingerprint density at radius 2 is 2.44 bits per heavy atom. The van der Waals surface area contributed by atoms with Crippen LogP contribution in [0.4, 0.5) is 9.18 Å². The third-order valence-electron chi connectivity index (χ3n) is 2.07. The van der Waals surface area contributed by atoms with Gasteiger partial charge in [0.25, 0.3) is 0 Å². The van der Waals surface area contributed by atoms with Crippen LogP contribution in [0.2, 0.25) is 0 Å². The number of amides is 1. The van der Waals surface area contributed by atoms with E-state index in [1.807, 2.05) is 0 Å². The summed E-state index contributed by atoms with van der Waals surface area (Å²) in [6, 6.07) is 4.41. The largest absolute Gasteiger partial charge is 0.487 e. The first kappa shape index (κ1) is 11.2. The highest BCUT2D eigenvalue weighted by Crippen LogP contribution is 2.22. The minimum atomic E-state index is -0.469. The average Bonchev–Trinajstić information content (AvgIpc) is 2.66. The first-order valence-electron chi connectivity index (χ1n) is 4.67. The highest BCUT2D eigenvalue weighted by atomic mass is 79.9. The van der Waals surface area contributed by atoms with Crippen molar-refractivity contribution in [2.24, 2.45) is 0 Å². The van der Waals surface area contributed by atoms with Gasteiger partial charge in [0.2, 0.25) is 0 Å². The van der Waals surface area contributed by atoms with E-state index in [0.717, 1.165) is 4.47 Å². The van der Waals surface area contributed by atoms with E-state index in [0.29, 0.717) is 6.54 Å². The minimum Gasteiger partial charge on any atom is -0.487 e. The molecule has 4 nitrogen and oxygen atoms in total. The number of halogens is 2. The molecular weight excluding hydrogens is 281 g/mol. The summed E-state index contributed by atoms with van der Waals surface area (Å²) in [6.07, 6.45) is -0.839. The predicted octanol–water partition coefficient (Wildman–Crippen LogP) is 2.08. The van der Waals surface area contributed by atoms with E-state index < -0.39 is 11.9 Å². The number of alkyl carbamates (subject to hydrolysis) is 1. The Bertz CT molecular complexity index is 413. The Kier molecular flexibility index (Phi) is 3.28. The molecule has 1 unspecified atom stereocenters. The highest BCUT2D eigenvalue weighted by molar-refractivity contribution is 9.10. The van der Waals surface area contributed by atoms with Gasteiger partial charge in [-0.1, -0.05) is 15.9 Å². The summed E-state index contributed by atoms with van der Waals surface area (Å²) in [7, 11) is 0. The van der Waals surface area contributed by atoms with Crippen molar-refractivity contribution >= 4 is 22.0 Å². The monoisotopic (exact) mass is 289 g/mol. The van der Waals surface area contributed by atoms with Gasteiger partial charge in [-0.3, -0.25) is 0 Å². The van der Waals surface area contributed by atoms with Gasteiger partial charge in [0.1, 0.15) is 6.61 Å². The molecule has 1 saturated heterocycles. The second-order valence-electron chi connectivity index (χ2n) is 3.29. The van der Waals surface area contributed by atoms with Crippen LogP contribution in [0.1, 0.15) is 0 Å². The van der Waals surface area contributed by atoms with Crippen molar-refractivity contribution in [2.75, 3.05) is 13.2 Å². The summed E-state index contributed by atoms with van der Waals surface area (Å²) in [6.45, 7) is 0.514. The van der Waals surface area contributed by atoms with Crippen LogP contribution in [0.15, 0.2) is 22.7 Å². The molecule has 16 heavy (non-hydrogen) atoms. The highest BCUT2D eigenvalue weighted by Gasteiger charge is 2.23. The van der Waals surface area contributed by atoms with Crippen LogP contribution >= 0.6 is 15.9 Å². The van der Waals surface area contributed by atoms with Crippen LogP contribution < -0.4 is 10.1 Å². The second-order valence-corrected chi connectivity index (χ2v) is 4.21. The van der Waals surface area contributed by atoms with E-state index >= 15 is 0 Å². The van der Waals surface area contributed by atoms with E-state index in [4.69, 9.17) is 9.47 Å². The molecule has 86 valence electrons. The molecule has 2 rings (SSSR count). The van der Waals surface area contributed by atoms with Crippen LogP contribution in [0.3, 0.4) is 0 Å². The number of carbonyl (C=O) groups excluding carboxylic acids is 1. The number of ether oxygens (including phenoxy) is 2. The smallest absolute Gasteiger partial charge is 0.407 e. The number of benzene rings is 1. The Labute approximate surface area is 99.9 Å². The molecule has 1 atom stereocenters. The molecule has 1 N–H and O–H groups in total. The molecule has 1 aliphatic heterocycles. The third kappa shape index (κ3) is 2.63. The van der Waals surface area contributed by atoms with Gasteiger partial charge >= 0.3 is 6.09 Å². The number of nitrogens with one attached hydrogen (secondary N) is 1. The summed E-state index contributed by atoms with van der Waals surface area (Å²) in [5.41, 5.74) is 0. The Morgan fingerprint density at radius 1 is 1.62 bits per heavy atom. The van der Waals surface area contributed by atoms with E-state index in [9.17, 15) is 9.18 Å². The summed E-state index contributed by atoms with van der Waals surface area (Å²) in [5, 5.41) is 2.49. The summed E-state index contributed by atoms with van der Waals surface area (Å²) in [4.78, 5) is 10.7. The Morgan fingerprint density at radius 3 is 3.12 bits per heavy atom. The fourth-order valence-corrected chi connectivity index (χ4v) is 1.64. The van der Waals surface area contributed by atoms with Gasteiger partial charge in [-0.25, -0.2) is 9.18 Å². The molecular formula is C10H9BrFNO3. The lowest BCUT2D eigenvalue weighted by Crippen LogP contribution is -2.22. The number of hydrogen-bond acceptors (Lipinski definition) is 3. The van der Waals surface area contributed by atoms with Gasteiger partial charge in [-0.05, 0) is 18.2 Å². The molecule has 0 radical (unpaired) electrons. The fourth-order valence-electron chi connectivity index (χ4n) is 1.30. The lowest BCUT2D eigenvalue weighted by atomic mass is 10.3. The minimum absolute atomic E-state index is 0.131. The van der Waals surface area contributed by atoms with Gasteiger partial charge in [0.15, 0.2) is 17.7 Å². The maximum atomic E-state index is 13.3. The van der Waals surface area contributed by atoms with Crippen molar-refractivity contribution < 1.29 is 18.7 Å². The van der Waals surface area contributed by atoms with Gasteiger partial charge in [0, 0.05) is 4.47 Å². The van der Waals surface area contributed by atoms with Crippen molar-refractivity contribution in [2.45, 2.75) is 6.10 Å². The maximum absolute atomic E-state index is 13.3. The molecule has 0 saturated carbocycles. The van der Waals surface area contributed by atoms with E-state index in [2.05, 4.69) is 21.2 Å². The van der Waals surface area contributed by atoms with Crippen molar-refractivity contribution in [3.05, 3.63) is 28.5 Å². The van der Waals surface area contributed by atoms with Crippen LogP contribution in [0.5, 0.6) is 5.75 Å². The standard InChI is InChI=1S/C10H9BrFNO3/c11-6-1-2-8(12)9(3-6)15-5-7-4-13-10(14)16-7/h1-3,7H,4-5H2,(H,13,14). The molecule has 1 aliphatic rings. The molecule has 0 bridgehead atoms. The molecule has 1 fully saturated rings. The molecule has 1 aromatic carbocycles. The van der Waals surface area contributed by atoms with Gasteiger partial charge in [0.05, 0.1) is 6.54 Å². The zero-order chi connectivity index (χ0) is 11.5. The number of hydrogen-bond donors (Lipinski definition) is 1. The lowest BCUT2D eigenvalue weighted by Gasteiger charge is -2.10. The van der Waals surface area contributed by atoms with Crippen LogP contribution in [0, 0.1) is 5.82 Å². The number of cyclic esters (lactones) is 1. The molecule has 1 aromatic rings. The summed E-state index contributed by atoms with van der Waals surface area (Å²) in [5.74, 6) is -0.308. The van der Waals surface area contributed by atoms with Crippen molar-refractivity contribution in [3.63, 3.8) is 0 Å². The summed E-state index contributed by atoms with van der Waals surface area (Å²) >= 11 is 3.21. The van der Waals surface area contributed by atoms with E-state index in [1.165, 1.54) is 12.1 Å². The Hall–Kier alpha value is -1.30. The van der Waals surface area contributed by atoms with Crippen LogP contribution in [-0.2, 0) is 4.74 Å². The van der Waals surface area contributed by atoms with Crippen molar-refractivity contribution in [3.8, 4) is 5.75 Å². The van der Waals surface area contributed by atoms with Crippen LogP contribution in [-0.4, -0.2) is 25.3 Å². The zero-order valence-corrected chi connectivity index (χ0v) is 9.79. The molecule has 0 aromatic heterocycles. The lowest BCUT2D eigenvalue weighted by molar-refractivity contribution is 0.103. The summed E-state index contributed by atoms with van der Waals surface area (Å²) < 4.78 is 24.0. The topological polar surface area (TPSA) is 47.6 Å². The second kappa shape index (κ2) is 4.69. The molecule has 1 heterocycles.